The molecule has 1 aliphatic heterocycles. The van der Waals surface area contributed by atoms with E-state index in [1.807, 2.05) is 0 Å². The van der Waals surface area contributed by atoms with Gasteiger partial charge in [-0.15, -0.1) is 0 Å². The van der Waals surface area contributed by atoms with Gasteiger partial charge in [-0.1, -0.05) is 0 Å². The molecule has 23 heavy (non-hydrogen) atoms. The van der Waals surface area contributed by atoms with Crippen LogP contribution in [0.2, 0.25) is 0 Å². The molecule has 0 aromatic heterocycles. The smallest absolute Gasteiger partial charge is 0.413 e. The number of hydrogen-bond acceptors (Lipinski definition) is 6. The number of esters is 1. The third kappa shape index (κ3) is 4.96. The van der Waals surface area contributed by atoms with Gasteiger partial charge in [-0.25, -0.2) is 9.59 Å². The van der Waals surface area contributed by atoms with E-state index in [0.29, 0.717) is 0 Å². The number of rotatable bonds is 3. The van der Waals surface area contributed by atoms with Gasteiger partial charge in [0.05, 0.1) is 19.3 Å². The quantitative estimate of drug-likeness (QED) is 0.450. The fraction of sp³-hybridized carbons (Fsp3) is 0.688. The summed E-state index contributed by atoms with van der Waals surface area (Å²) in [7, 11) is 0. The molecule has 1 fully saturated rings. The van der Waals surface area contributed by atoms with Gasteiger partial charge in [-0.3, -0.25) is 4.90 Å². The van der Waals surface area contributed by atoms with Crippen LogP contribution in [0.5, 0.6) is 0 Å². The molecule has 128 valence electrons. The largest absolute Gasteiger partial charge is 0.462 e. The van der Waals surface area contributed by atoms with E-state index in [0.717, 1.165) is 0 Å². The lowest BCUT2D eigenvalue weighted by Crippen LogP contribution is -2.49. The average Bonchev–Trinajstić information content (AvgIpc) is 2.69. The highest BCUT2D eigenvalue weighted by Crippen LogP contribution is 2.30. The van der Waals surface area contributed by atoms with Gasteiger partial charge in [-0.2, -0.15) is 5.26 Å². The van der Waals surface area contributed by atoms with E-state index in [4.69, 9.17) is 19.5 Å². The Bertz CT molecular complexity index is 540. The summed E-state index contributed by atoms with van der Waals surface area (Å²) in [5.41, 5.74) is -1.73. The van der Waals surface area contributed by atoms with Crippen molar-refractivity contribution in [3.8, 4) is 6.07 Å². The molecule has 0 unspecified atom stereocenters. The SMILES string of the molecule is CCOC(=O)C(C#N)=C[C@@H]1COC(C)(C)N1C(=O)OC(C)(C)C. The maximum absolute atomic E-state index is 12.4. The molecule has 1 rings (SSSR count). The fourth-order valence-corrected chi connectivity index (χ4v) is 2.17. The van der Waals surface area contributed by atoms with Gasteiger partial charge in [0.1, 0.15) is 23.0 Å². The van der Waals surface area contributed by atoms with Crippen molar-refractivity contribution in [1.82, 2.24) is 4.90 Å². The van der Waals surface area contributed by atoms with Gasteiger partial charge in [0, 0.05) is 0 Å². The van der Waals surface area contributed by atoms with Crippen molar-refractivity contribution in [2.75, 3.05) is 13.2 Å². The summed E-state index contributed by atoms with van der Waals surface area (Å²) in [4.78, 5) is 25.6. The summed E-state index contributed by atoms with van der Waals surface area (Å²) >= 11 is 0. The van der Waals surface area contributed by atoms with Crippen LogP contribution in [0.25, 0.3) is 0 Å². The summed E-state index contributed by atoms with van der Waals surface area (Å²) in [6.45, 7) is 10.7. The predicted molar refractivity (Wildman–Crippen MR) is 82.2 cm³/mol. The Hall–Kier alpha value is -2.07. The van der Waals surface area contributed by atoms with E-state index >= 15 is 0 Å². The maximum Gasteiger partial charge on any atom is 0.413 e. The lowest BCUT2D eigenvalue weighted by Gasteiger charge is -2.34. The molecule has 1 saturated heterocycles. The molecule has 1 aliphatic rings. The Kier molecular flexibility index (Phi) is 5.78. The molecule has 0 aromatic carbocycles. The van der Waals surface area contributed by atoms with E-state index in [1.165, 1.54) is 11.0 Å². The highest BCUT2D eigenvalue weighted by Gasteiger charge is 2.45. The molecule has 1 heterocycles. The number of hydrogen-bond donors (Lipinski definition) is 0. The number of ether oxygens (including phenoxy) is 3. The van der Waals surface area contributed by atoms with Crippen LogP contribution in [0.15, 0.2) is 11.6 Å². The highest BCUT2D eigenvalue weighted by molar-refractivity contribution is 5.93. The summed E-state index contributed by atoms with van der Waals surface area (Å²) < 4.78 is 15.8. The second kappa shape index (κ2) is 7.01. The third-order valence-electron chi connectivity index (χ3n) is 3.08. The molecule has 0 bridgehead atoms. The van der Waals surface area contributed by atoms with Crippen LogP contribution in [0.1, 0.15) is 41.5 Å². The zero-order valence-corrected chi connectivity index (χ0v) is 14.5. The Balaban J connectivity index is 3.07. The Morgan fingerprint density at radius 2 is 2.04 bits per heavy atom. The topological polar surface area (TPSA) is 88.9 Å². The maximum atomic E-state index is 12.4. The van der Waals surface area contributed by atoms with Gasteiger partial charge >= 0.3 is 12.1 Å². The normalized spacial score (nSPS) is 20.8. The molecule has 0 aliphatic carbocycles. The Morgan fingerprint density at radius 1 is 1.43 bits per heavy atom. The summed E-state index contributed by atoms with van der Waals surface area (Å²) in [6, 6.07) is 1.22. The Morgan fingerprint density at radius 3 is 2.52 bits per heavy atom. The fourth-order valence-electron chi connectivity index (χ4n) is 2.17. The molecule has 1 amide bonds. The van der Waals surface area contributed by atoms with Crippen molar-refractivity contribution in [2.24, 2.45) is 0 Å². The average molecular weight is 324 g/mol. The van der Waals surface area contributed by atoms with Gasteiger partial charge in [-0.05, 0) is 47.6 Å². The monoisotopic (exact) mass is 324 g/mol. The van der Waals surface area contributed by atoms with Gasteiger partial charge in [0.15, 0.2) is 0 Å². The summed E-state index contributed by atoms with van der Waals surface area (Å²) in [5.74, 6) is -0.719. The van der Waals surface area contributed by atoms with Crippen LogP contribution in [-0.2, 0) is 19.0 Å². The minimum atomic E-state index is -0.904. The van der Waals surface area contributed by atoms with Crippen LogP contribution in [-0.4, -0.2) is 47.5 Å². The van der Waals surface area contributed by atoms with Crippen LogP contribution in [0.3, 0.4) is 0 Å². The molecule has 0 aromatic rings. The van der Waals surface area contributed by atoms with Gasteiger partial charge in [0.2, 0.25) is 0 Å². The number of carbonyl (C=O) groups excluding carboxylic acids is 2. The summed E-state index contributed by atoms with van der Waals surface area (Å²) in [6.07, 6.45) is 0.818. The molecule has 0 radical (unpaired) electrons. The zero-order valence-electron chi connectivity index (χ0n) is 14.5. The number of nitriles is 1. The van der Waals surface area contributed by atoms with Crippen LogP contribution >= 0.6 is 0 Å². The number of amides is 1. The van der Waals surface area contributed by atoms with Gasteiger partial charge < -0.3 is 14.2 Å². The van der Waals surface area contributed by atoms with E-state index in [-0.39, 0.29) is 18.8 Å². The first-order valence-corrected chi connectivity index (χ1v) is 7.47. The minimum absolute atomic E-state index is 0.160. The van der Waals surface area contributed by atoms with E-state index < -0.39 is 29.4 Å². The number of carbonyl (C=O) groups is 2. The van der Waals surface area contributed by atoms with E-state index in [9.17, 15) is 9.59 Å². The van der Waals surface area contributed by atoms with Crippen LogP contribution in [0.4, 0.5) is 4.79 Å². The molecule has 1 atom stereocenters. The molecular formula is C16H24N2O5. The second-order valence-electron chi connectivity index (χ2n) is 6.59. The molecule has 0 saturated carbocycles. The summed E-state index contributed by atoms with van der Waals surface area (Å²) in [5, 5.41) is 9.13. The minimum Gasteiger partial charge on any atom is -0.462 e. The molecule has 0 spiro atoms. The first kappa shape index (κ1) is 19.0. The molecule has 0 N–H and O–H groups in total. The number of nitrogens with zero attached hydrogens (tertiary/aromatic N) is 2. The van der Waals surface area contributed by atoms with Crippen LogP contribution < -0.4 is 0 Å². The van der Waals surface area contributed by atoms with Crippen molar-refractivity contribution in [3.63, 3.8) is 0 Å². The van der Waals surface area contributed by atoms with Crippen molar-refractivity contribution >= 4 is 12.1 Å². The van der Waals surface area contributed by atoms with E-state index in [1.54, 1.807) is 47.6 Å². The second-order valence-corrected chi connectivity index (χ2v) is 6.59. The lowest BCUT2D eigenvalue weighted by molar-refractivity contribution is -0.138. The van der Waals surface area contributed by atoms with Gasteiger partial charge in [0.25, 0.3) is 0 Å². The van der Waals surface area contributed by atoms with Crippen LogP contribution in [0, 0.1) is 11.3 Å². The third-order valence-corrected chi connectivity index (χ3v) is 3.08. The Labute approximate surface area is 136 Å². The first-order valence-electron chi connectivity index (χ1n) is 7.47. The molecule has 7 heteroatoms. The first-order chi connectivity index (χ1) is 10.5. The van der Waals surface area contributed by atoms with Crippen molar-refractivity contribution in [2.45, 2.75) is 58.9 Å². The van der Waals surface area contributed by atoms with Crippen molar-refractivity contribution in [3.05, 3.63) is 11.6 Å². The van der Waals surface area contributed by atoms with Crippen molar-refractivity contribution in [1.29, 1.82) is 5.26 Å². The predicted octanol–water partition coefficient (Wildman–Crippen LogP) is 2.37. The molecule has 7 nitrogen and oxygen atoms in total. The zero-order chi connectivity index (χ0) is 17.8. The highest BCUT2D eigenvalue weighted by atomic mass is 16.6. The lowest BCUT2D eigenvalue weighted by atomic mass is 10.1. The standard InChI is InChI=1S/C16H24N2O5/c1-7-21-13(19)11(9-17)8-12-10-22-16(5,6)18(12)14(20)23-15(2,3)4/h8,12H,7,10H2,1-6H3/t12-/m1/s1. The van der Waals surface area contributed by atoms with Crippen molar-refractivity contribution < 1.29 is 23.8 Å². The molecular weight excluding hydrogens is 300 g/mol. The van der Waals surface area contributed by atoms with E-state index in [2.05, 4.69) is 0 Å².